The molecule has 1 amide bonds. The van der Waals surface area contributed by atoms with Gasteiger partial charge >= 0.3 is 5.97 Å². The summed E-state index contributed by atoms with van der Waals surface area (Å²) < 4.78 is 5.81. The second kappa shape index (κ2) is 8.46. The molecule has 0 aliphatic rings. The van der Waals surface area contributed by atoms with Crippen LogP contribution in [-0.4, -0.2) is 23.5 Å². The van der Waals surface area contributed by atoms with Gasteiger partial charge in [-0.3, -0.25) is 4.79 Å². The van der Waals surface area contributed by atoms with Crippen LogP contribution in [0.2, 0.25) is 10.2 Å². The molecule has 0 saturated carbocycles. The van der Waals surface area contributed by atoms with Gasteiger partial charge in [-0.25, -0.2) is 9.78 Å². The highest BCUT2D eigenvalue weighted by atomic mass is 79.9. The number of rotatable bonds is 5. The average Bonchev–Trinajstić information content (AvgIpc) is 2.56. The number of aromatic nitrogens is 1. The summed E-state index contributed by atoms with van der Waals surface area (Å²) in [5.74, 6) is -1.10. The third-order valence-corrected chi connectivity index (χ3v) is 3.92. The lowest BCUT2D eigenvalue weighted by Gasteiger charge is -2.11. The molecule has 0 fully saturated rings. The molecule has 0 aliphatic heterocycles. The lowest BCUT2D eigenvalue weighted by molar-refractivity contribution is 0.0506. The highest BCUT2D eigenvalue weighted by Gasteiger charge is 2.18. The smallest absolute Gasteiger partial charge is 0.340 e. The predicted octanol–water partition coefficient (Wildman–Crippen LogP) is 4.97. The minimum Gasteiger partial charge on any atom is -0.462 e. The van der Waals surface area contributed by atoms with Crippen LogP contribution in [0, 0.1) is 0 Å². The number of hydrogen-bond donors (Lipinski definition) is 1. The number of ether oxygens (including phenoxy) is 1. The van der Waals surface area contributed by atoms with Crippen LogP contribution in [0.5, 0.6) is 0 Å². The zero-order valence-electron chi connectivity index (χ0n) is 12.6. The minimum absolute atomic E-state index is 0.0278. The highest BCUT2D eigenvalue weighted by molar-refractivity contribution is 9.10. The van der Waals surface area contributed by atoms with E-state index in [0.717, 1.165) is 0 Å². The molecule has 2 aromatic rings. The Hall–Kier alpha value is -1.63. The van der Waals surface area contributed by atoms with Crippen molar-refractivity contribution in [3.63, 3.8) is 0 Å². The van der Waals surface area contributed by atoms with E-state index < -0.39 is 11.9 Å². The molecule has 0 unspecified atom stereocenters. The standard InChI is InChI=1S/C16H13BrCl2N2O3/c1-2-7-24-16(23)10-8-9(17)3-5-12(10)20-15(22)14-11(18)4-6-13(19)21-14/h3-6,8H,2,7H2,1H3,(H,20,22). The molecular formula is C16H13BrCl2N2O3. The van der Waals surface area contributed by atoms with E-state index in [1.54, 1.807) is 18.2 Å². The SMILES string of the molecule is CCCOC(=O)c1cc(Br)ccc1NC(=O)c1nc(Cl)ccc1Cl. The van der Waals surface area contributed by atoms with Crippen molar-refractivity contribution in [2.45, 2.75) is 13.3 Å². The third kappa shape index (κ3) is 4.69. The van der Waals surface area contributed by atoms with Gasteiger partial charge in [0.2, 0.25) is 0 Å². The molecule has 2 rings (SSSR count). The molecule has 0 bridgehead atoms. The molecule has 1 N–H and O–H groups in total. The molecule has 1 heterocycles. The first-order valence-electron chi connectivity index (χ1n) is 7.02. The Morgan fingerprint density at radius 2 is 2.00 bits per heavy atom. The van der Waals surface area contributed by atoms with Crippen molar-refractivity contribution < 1.29 is 14.3 Å². The van der Waals surface area contributed by atoms with Crippen molar-refractivity contribution in [1.82, 2.24) is 4.98 Å². The molecule has 8 heteroatoms. The Balaban J connectivity index is 2.30. The van der Waals surface area contributed by atoms with Gasteiger partial charge in [0.25, 0.3) is 5.91 Å². The molecule has 0 aliphatic carbocycles. The van der Waals surface area contributed by atoms with E-state index in [-0.39, 0.29) is 21.4 Å². The summed E-state index contributed by atoms with van der Waals surface area (Å²) in [6.07, 6.45) is 0.698. The highest BCUT2D eigenvalue weighted by Crippen LogP contribution is 2.24. The van der Waals surface area contributed by atoms with E-state index in [9.17, 15) is 9.59 Å². The third-order valence-electron chi connectivity index (χ3n) is 2.91. The summed E-state index contributed by atoms with van der Waals surface area (Å²) >= 11 is 15.1. The normalized spacial score (nSPS) is 10.3. The summed E-state index contributed by atoms with van der Waals surface area (Å²) in [7, 11) is 0. The Labute approximate surface area is 157 Å². The number of anilines is 1. The molecule has 24 heavy (non-hydrogen) atoms. The fourth-order valence-corrected chi connectivity index (χ4v) is 2.53. The van der Waals surface area contributed by atoms with Crippen LogP contribution in [0.15, 0.2) is 34.8 Å². The van der Waals surface area contributed by atoms with Crippen LogP contribution < -0.4 is 5.32 Å². The Morgan fingerprint density at radius 3 is 2.71 bits per heavy atom. The number of esters is 1. The second-order valence-corrected chi connectivity index (χ2v) is 6.45. The van der Waals surface area contributed by atoms with Crippen LogP contribution >= 0.6 is 39.1 Å². The van der Waals surface area contributed by atoms with E-state index in [4.69, 9.17) is 27.9 Å². The topological polar surface area (TPSA) is 68.3 Å². The van der Waals surface area contributed by atoms with Gasteiger partial charge in [0.15, 0.2) is 0 Å². The predicted molar refractivity (Wildman–Crippen MR) is 96.9 cm³/mol. The van der Waals surface area contributed by atoms with E-state index in [1.807, 2.05) is 6.92 Å². The van der Waals surface area contributed by atoms with Crippen LogP contribution in [0.4, 0.5) is 5.69 Å². The van der Waals surface area contributed by atoms with Gasteiger partial charge in [-0.2, -0.15) is 0 Å². The number of halogens is 3. The molecule has 5 nitrogen and oxygen atoms in total. The number of benzene rings is 1. The average molecular weight is 432 g/mol. The van der Waals surface area contributed by atoms with Crippen molar-refractivity contribution >= 4 is 56.7 Å². The second-order valence-electron chi connectivity index (χ2n) is 4.74. The van der Waals surface area contributed by atoms with Gasteiger partial charge in [-0.15, -0.1) is 0 Å². The van der Waals surface area contributed by atoms with E-state index in [0.29, 0.717) is 23.2 Å². The number of carbonyl (C=O) groups is 2. The van der Waals surface area contributed by atoms with Gasteiger partial charge in [0.05, 0.1) is 22.9 Å². The number of nitrogens with zero attached hydrogens (tertiary/aromatic N) is 1. The maximum atomic E-state index is 12.4. The summed E-state index contributed by atoms with van der Waals surface area (Å²) in [4.78, 5) is 28.4. The minimum atomic E-state index is -0.575. The van der Waals surface area contributed by atoms with Gasteiger partial charge in [0.1, 0.15) is 10.8 Å². The van der Waals surface area contributed by atoms with Crippen molar-refractivity contribution in [2.75, 3.05) is 11.9 Å². The molecule has 1 aromatic heterocycles. The van der Waals surface area contributed by atoms with Crippen LogP contribution in [0.25, 0.3) is 0 Å². The lowest BCUT2D eigenvalue weighted by Crippen LogP contribution is -2.17. The largest absolute Gasteiger partial charge is 0.462 e. The lowest BCUT2D eigenvalue weighted by atomic mass is 10.1. The number of amides is 1. The van der Waals surface area contributed by atoms with E-state index >= 15 is 0 Å². The van der Waals surface area contributed by atoms with Crippen molar-refractivity contribution in [2.24, 2.45) is 0 Å². The molecule has 0 spiro atoms. The molecule has 0 atom stereocenters. The maximum absolute atomic E-state index is 12.4. The molecule has 0 saturated heterocycles. The summed E-state index contributed by atoms with van der Waals surface area (Å²) in [6.45, 7) is 2.18. The van der Waals surface area contributed by atoms with Crippen molar-refractivity contribution in [1.29, 1.82) is 0 Å². The quantitative estimate of drug-likeness (QED) is 0.536. The van der Waals surface area contributed by atoms with Gasteiger partial charge in [-0.05, 0) is 36.8 Å². The maximum Gasteiger partial charge on any atom is 0.340 e. The van der Waals surface area contributed by atoms with Gasteiger partial charge in [0, 0.05) is 4.47 Å². The first-order valence-corrected chi connectivity index (χ1v) is 8.57. The number of carbonyl (C=O) groups excluding carboxylic acids is 2. The Morgan fingerprint density at radius 1 is 1.25 bits per heavy atom. The van der Waals surface area contributed by atoms with Gasteiger partial charge < -0.3 is 10.1 Å². The van der Waals surface area contributed by atoms with Crippen LogP contribution in [0.3, 0.4) is 0 Å². The fourth-order valence-electron chi connectivity index (χ4n) is 1.83. The van der Waals surface area contributed by atoms with Crippen molar-refractivity contribution in [3.05, 3.63) is 56.2 Å². The Kier molecular flexibility index (Phi) is 6.60. The van der Waals surface area contributed by atoms with Crippen LogP contribution in [-0.2, 0) is 4.74 Å². The number of hydrogen-bond acceptors (Lipinski definition) is 4. The fraction of sp³-hybridized carbons (Fsp3) is 0.188. The molecule has 1 aromatic carbocycles. The van der Waals surface area contributed by atoms with E-state index in [1.165, 1.54) is 12.1 Å². The van der Waals surface area contributed by atoms with E-state index in [2.05, 4.69) is 26.2 Å². The number of pyridine rings is 1. The number of nitrogens with one attached hydrogen (secondary N) is 1. The molecular weight excluding hydrogens is 419 g/mol. The zero-order valence-corrected chi connectivity index (χ0v) is 15.7. The monoisotopic (exact) mass is 430 g/mol. The Bertz CT molecular complexity index is 784. The molecule has 0 radical (unpaired) electrons. The van der Waals surface area contributed by atoms with Gasteiger partial charge in [-0.1, -0.05) is 46.1 Å². The first-order chi connectivity index (χ1) is 11.4. The summed E-state index contributed by atoms with van der Waals surface area (Å²) in [6, 6.07) is 7.81. The first kappa shape index (κ1) is 18.7. The summed E-state index contributed by atoms with van der Waals surface area (Å²) in [5.41, 5.74) is 0.492. The van der Waals surface area contributed by atoms with Crippen molar-refractivity contribution in [3.8, 4) is 0 Å². The zero-order chi connectivity index (χ0) is 17.7. The summed E-state index contributed by atoms with van der Waals surface area (Å²) in [5, 5.41) is 2.91. The molecule has 126 valence electrons. The van der Waals surface area contributed by atoms with Crippen LogP contribution in [0.1, 0.15) is 34.2 Å².